The van der Waals surface area contributed by atoms with Crippen LogP contribution in [0, 0.1) is 0 Å². The van der Waals surface area contributed by atoms with Crippen LogP contribution >= 0.6 is 34.7 Å². The maximum atomic E-state index is 13.1. The van der Waals surface area contributed by atoms with Crippen LogP contribution in [0.2, 0.25) is 4.34 Å². The lowest BCUT2D eigenvalue weighted by atomic mass is 10.0. The number of halogens is 1. The Kier molecular flexibility index (Phi) is 7.77. The third-order valence-corrected chi connectivity index (χ3v) is 7.35. The monoisotopic (exact) mass is 543 g/mol. The molecule has 12 nitrogen and oxygen atoms in total. The van der Waals surface area contributed by atoms with Crippen LogP contribution in [0.5, 0.6) is 0 Å². The fraction of sp³-hybridized carbons (Fsp3) is 0.400. The Morgan fingerprint density at radius 3 is 2.63 bits per heavy atom. The van der Waals surface area contributed by atoms with Gasteiger partial charge in [-0.15, -0.1) is 11.8 Å². The molecule has 1 unspecified atom stereocenters. The summed E-state index contributed by atoms with van der Waals surface area (Å²) in [5.41, 5.74) is 3.60. The highest BCUT2D eigenvalue weighted by Gasteiger charge is 2.54. The highest BCUT2D eigenvalue weighted by atomic mass is 35.5. The molecule has 3 rings (SSSR count). The van der Waals surface area contributed by atoms with E-state index in [1.165, 1.54) is 25.6 Å². The maximum absolute atomic E-state index is 13.1. The van der Waals surface area contributed by atoms with Gasteiger partial charge < -0.3 is 26.1 Å². The number of carbonyl (C=O) groups is 4. The van der Waals surface area contributed by atoms with Crippen LogP contribution in [-0.2, 0) is 24.0 Å². The van der Waals surface area contributed by atoms with Crippen LogP contribution in [0.4, 0.5) is 5.13 Å². The number of nitrogen functional groups attached to an aromatic ring is 1. The number of aromatic nitrogens is 1. The van der Waals surface area contributed by atoms with E-state index in [4.69, 9.17) is 22.2 Å². The first kappa shape index (κ1) is 26.5. The van der Waals surface area contributed by atoms with Crippen LogP contribution in [0.1, 0.15) is 32.9 Å². The summed E-state index contributed by atoms with van der Waals surface area (Å²) in [6.45, 7) is 4.35. The zero-order valence-electron chi connectivity index (χ0n) is 18.8. The number of hydrogen-bond acceptors (Lipinski definition) is 10. The Bertz CT molecular complexity index is 1180. The number of carboxylic acid groups (broad SMARTS) is 2. The molecule has 3 heterocycles. The maximum Gasteiger partial charge on any atom is 0.352 e. The molecule has 0 saturated carbocycles. The van der Waals surface area contributed by atoms with Gasteiger partial charge in [-0.3, -0.25) is 14.5 Å². The van der Waals surface area contributed by atoms with Crippen LogP contribution < -0.4 is 11.1 Å². The minimum absolute atomic E-state index is 0.00480. The van der Waals surface area contributed by atoms with E-state index in [0.717, 1.165) is 16.2 Å². The first-order chi connectivity index (χ1) is 16.4. The molecule has 0 aliphatic carbocycles. The highest BCUT2D eigenvalue weighted by Crippen LogP contribution is 2.40. The molecule has 1 fully saturated rings. The number of aliphatic carboxylic acids is 2. The van der Waals surface area contributed by atoms with E-state index >= 15 is 0 Å². The van der Waals surface area contributed by atoms with Gasteiger partial charge in [0.25, 0.3) is 11.8 Å². The summed E-state index contributed by atoms with van der Waals surface area (Å²) in [5, 5.41) is 24.5. The highest BCUT2D eigenvalue weighted by molar-refractivity contribution is 8.00. The quantitative estimate of drug-likeness (QED) is 0.203. The van der Waals surface area contributed by atoms with Gasteiger partial charge in [0.2, 0.25) is 5.60 Å². The summed E-state index contributed by atoms with van der Waals surface area (Å²) in [4.78, 5) is 59.3. The molecule has 1 aromatic rings. The number of anilines is 1. The Balaban J connectivity index is 1.88. The molecule has 15 heteroatoms. The number of β-lactam (4-membered cyclic amide) rings is 1. The molecule has 2 aliphatic rings. The zero-order valence-corrected chi connectivity index (χ0v) is 21.2. The van der Waals surface area contributed by atoms with E-state index in [-0.39, 0.29) is 20.9 Å². The van der Waals surface area contributed by atoms with Crippen molar-refractivity contribution in [3.63, 3.8) is 0 Å². The van der Waals surface area contributed by atoms with Crippen molar-refractivity contribution in [2.24, 2.45) is 5.16 Å². The van der Waals surface area contributed by atoms with Crippen molar-refractivity contribution in [2.45, 2.75) is 44.2 Å². The molecule has 2 amide bonds. The van der Waals surface area contributed by atoms with Crippen molar-refractivity contribution in [3.8, 4) is 0 Å². The number of fused-ring (bicyclic) bond motifs is 1. The molecule has 0 aromatic carbocycles. The van der Waals surface area contributed by atoms with Crippen molar-refractivity contribution in [2.75, 3.05) is 11.5 Å². The van der Waals surface area contributed by atoms with Crippen molar-refractivity contribution in [3.05, 3.63) is 33.5 Å². The lowest BCUT2D eigenvalue weighted by Gasteiger charge is -2.49. The normalized spacial score (nSPS) is 20.5. The summed E-state index contributed by atoms with van der Waals surface area (Å²) in [5.74, 6) is -3.81. The fourth-order valence-electron chi connectivity index (χ4n) is 3.09. The number of oxime groups is 1. The number of allylic oxidation sites excluding steroid dienone is 2. The van der Waals surface area contributed by atoms with E-state index in [1.54, 1.807) is 12.2 Å². The molecule has 188 valence electrons. The van der Waals surface area contributed by atoms with E-state index in [9.17, 15) is 29.4 Å². The van der Waals surface area contributed by atoms with Crippen LogP contribution in [-0.4, -0.2) is 72.3 Å². The van der Waals surface area contributed by atoms with Gasteiger partial charge in [-0.1, -0.05) is 47.2 Å². The minimum Gasteiger partial charge on any atom is -0.478 e. The number of thioether (sulfide) groups is 1. The molecule has 0 spiro atoms. The predicted molar refractivity (Wildman–Crippen MR) is 130 cm³/mol. The van der Waals surface area contributed by atoms with Crippen molar-refractivity contribution < 1.29 is 34.2 Å². The average molecular weight is 544 g/mol. The molecule has 2 atom stereocenters. The second kappa shape index (κ2) is 10.3. The van der Waals surface area contributed by atoms with E-state index < -0.39 is 46.5 Å². The van der Waals surface area contributed by atoms with Crippen LogP contribution in [0.25, 0.3) is 0 Å². The molecule has 1 saturated heterocycles. The molecule has 1 aromatic heterocycles. The Hall–Kier alpha value is -3.10. The lowest BCUT2D eigenvalue weighted by Crippen LogP contribution is -2.71. The fourth-order valence-corrected chi connectivity index (χ4v) is 5.34. The van der Waals surface area contributed by atoms with Crippen LogP contribution in [0.3, 0.4) is 0 Å². The van der Waals surface area contributed by atoms with E-state index in [2.05, 4.69) is 15.5 Å². The number of thiazole rings is 1. The first-order valence-electron chi connectivity index (χ1n) is 10.2. The number of hydrogen-bond donors (Lipinski definition) is 4. The van der Waals surface area contributed by atoms with Gasteiger partial charge in [-0.25, -0.2) is 14.6 Å². The number of nitrogens with one attached hydrogen (secondary N) is 1. The summed E-state index contributed by atoms with van der Waals surface area (Å²) >= 11 is 8.27. The number of nitrogens with two attached hydrogens (primary N) is 1. The van der Waals surface area contributed by atoms with Crippen molar-refractivity contribution in [1.29, 1.82) is 0 Å². The average Bonchev–Trinajstić information content (AvgIpc) is 3.12. The van der Waals surface area contributed by atoms with Gasteiger partial charge >= 0.3 is 11.9 Å². The molecule has 2 aliphatic heterocycles. The second-order valence-corrected chi connectivity index (χ2v) is 10.6. The Labute approximate surface area is 212 Å². The van der Waals surface area contributed by atoms with Gasteiger partial charge in [0, 0.05) is 5.75 Å². The van der Waals surface area contributed by atoms with Gasteiger partial charge in [0.1, 0.15) is 27.1 Å². The van der Waals surface area contributed by atoms with Crippen molar-refractivity contribution >= 4 is 69.3 Å². The molecule has 5 N–H and O–H groups in total. The molecule has 0 radical (unpaired) electrons. The Morgan fingerprint density at radius 2 is 2.09 bits per heavy atom. The van der Waals surface area contributed by atoms with Gasteiger partial charge in [0.15, 0.2) is 10.8 Å². The third kappa shape index (κ3) is 5.28. The van der Waals surface area contributed by atoms with Crippen molar-refractivity contribution in [1.82, 2.24) is 15.2 Å². The van der Waals surface area contributed by atoms with Gasteiger partial charge in [0.05, 0.1) is 0 Å². The van der Waals surface area contributed by atoms with Crippen LogP contribution in [0.15, 0.2) is 28.6 Å². The second-order valence-electron chi connectivity index (χ2n) is 7.87. The Morgan fingerprint density at radius 1 is 1.40 bits per heavy atom. The summed E-state index contributed by atoms with van der Waals surface area (Å²) in [6, 6.07) is -1.06. The third-order valence-electron chi connectivity index (χ3n) is 4.96. The summed E-state index contributed by atoms with van der Waals surface area (Å²) in [7, 11) is 0. The number of amides is 2. The smallest absolute Gasteiger partial charge is 0.352 e. The summed E-state index contributed by atoms with van der Waals surface area (Å²) < 4.78 is 0.00480. The zero-order chi connectivity index (χ0) is 26.1. The lowest BCUT2D eigenvalue weighted by molar-refractivity contribution is -0.161. The molecule has 35 heavy (non-hydrogen) atoms. The number of carboxylic acids is 2. The summed E-state index contributed by atoms with van der Waals surface area (Å²) in [6.07, 6.45) is 4.17. The predicted octanol–water partition coefficient (Wildman–Crippen LogP) is 1.67. The van der Waals surface area contributed by atoms with E-state index in [1.807, 2.05) is 6.92 Å². The topological polar surface area (TPSA) is 185 Å². The number of nitrogens with zero attached hydrogens (tertiary/aromatic N) is 3. The largest absolute Gasteiger partial charge is 0.478 e. The minimum atomic E-state index is -1.79. The molecular weight excluding hydrogens is 522 g/mol. The van der Waals surface area contributed by atoms with E-state index in [0.29, 0.717) is 17.7 Å². The molecule has 0 bridgehead atoms. The SMILES string of the molecule is CC/C=C/C1=C(C(=O)O)N2C(=O)[C@@H](NC(=O)/C(=N\OC(C)(C)C(=O)O)c3nc(N)sc3Cl)C2SC1. The number of carbonyl (C=O) groups excluding carboxylic acids is 2. The number of rotatable bonds is 9. The standard InChI is InChI=1S/C20H22ClN5O7S2/c1-4-5-6-8-7-34-16-11(15(28)26(16)12(8)17(29)30)23-14(27)10(9-13(21)35-19(22)24-9)25-33-20(2,3)18(31)32/h5-6,11,16H,4,7H2,1-3H3,(H2,22,24)(H,23,27)(H,29,30)(H,31,32)/b6-5+,25-10-/t11-,16?/m1/s1. The molecular formula is C20H22ClN5O7S2. The van der Waals surface area contributed by atoms with Gasteiger partial charge in [-0.2, -0.15) is 0 Å². The first-order valence-corrected chi connectivity index (χ1v) is 12.4. The van der Waals surface area contributed by atoms with Gasteiger partial charge in [-0.05, 0) is 25.8 Å².